The van der Waals surface area contributed by atoms with Gasteiger partial charge in [0.05, 0.1) is 11.3 Å². The van der Waals surface area contributed by atoms with E-state index >= 15 is 0 Å². The molecule has 0 aliphatic heterocycles. The summed E-state index contributed by atoms with van der Waals surface area (Å²) in [6, 6.07) is 6.41. The fourth-order valence-electron chi connectivity index (χ4n) is 2.16. The molecule has 0 saturated carbocycles. The zero-order valence-corrected chi connectivity index (χ0v) is 11.0. The van der Waals surface area contributed by atoms with Gasteiger partial charge in [-0.3, -0.25) is 9.20 Å². The lowest BCUT2D eigenvalue weighted by molar-refractivity contribution is -0.137. The molecule has 0 aliphatic carbocycles. The number of carbonyl (C=O) groups is 1. The zero-order valence-electron chi connectivity index (χ0n) is 11.0. The highest BCUT2D eigenvalue weighted by molar-refractivity contribution is 5.97. The number of primary amides is 1. The van der Waals surface area contributed by atoms with E-state index < -0.39 is 17.6 Å². The molecular formula is C14H9F3N4O. The second-order valence-electron chi connectivity index (χ2n) is 4.56. The van der Waals surface area contributed by atoms with Crippen LogP contribution in [0.2, 0.25) is 0 Å². The minimum atomic E-state index is -4.44. The number of aromatic nitrogens is 3. The second-order valence-corrected chi connectivity index (χ2v) is 4.56. The summed E-state index contributed by atoms with van der Waals surface area (Å²) in [4.78, 5) is 19.1. The van der Waals surface area contributed by atoms with Crippen molar-refractivity contribution in [1.29, 1.82) is 0 Å². The lowest BCUT2D eigenvalue weighted by atomic mass is 10.1. The number of imidazole rings is 1. The summed E-state index contributed by atoms with van der Waals surface area (Å²) < 4.78 is 39.9. The van der Waals surface area contributed by atoms with Gasteiger partial charge in [0.2, 0.25) is 0 Å². The molecule has 0 radical (unpaired) electrons. The van der Waals surface area contributed by atoms with E-state index in [0.717, 1.165) is 12.1 Å². The predicted molar refractivity (Wildman–Crippen MR) is 71.9 cm³/mol. The van der Waals surface area contributed by atoms with Gasteiger partial charge in [-0.05, 0) is 23.8 Å². The Morgan fingerprint density at radius 3 is 2.64 bits per heavy atom. The molecule has 2 heterocycles. The molecule has 8 heteroatoms. The first-order valence-corrected chi connectivity index (χ1v) is 6.17. The topological polar surface area (TPSA) is 73.3 Å². The maximum Gasteiger partial charge on any atom is 0.416 e. The Balaban J connectivity index is 2.21. The molecule has 0 saturated heterocycles. The third-order valence-electron chi connectivity index (χ3n) is 3.15. The van der Waals surface area contributed by atoms with Crippen molar-refractivity contribution in [2.75, 3.05) is 0 Å². The third-order valence-corrected chi connectivity index (χ3v) is 3.15. The average Bonchev–Trinajstić information content (AvgIpc) is 2.90. The van der Waals surface area contributed by atoms with Crippen LogP contribution in [0.15, 0.2) is 42.9 Å². The molecular weight excluding hydrogens is 297 g/mol. The summed E-state index contributed by atoms with van der Waals surface area (Å²) in [6.07, 6.45) is -1.74. The Bertz CT molecular complexity index is 870. The van der Waals surface area contributed by atoms with Gasteiger partial charge in [-0.2, -0.15) is 13.2 Å². The summed E-state index contributed by atoms with van der Waals surface area (Å²) in [7, 11) is 0. The van der Waals surface area contributed by atoms with Crippen LogP contribution in [0.25, 0.3) is 16.9 Å². The van der Waals surface area contributed by atoms with Crippen molar-refractivity contribution in [2.45, 2.75) is 6.18 Å². The van der Waals surface area contributed by atoms with Gasteiger partial charge < -0.3 is 5.73 Å². The van der Waals surface area contributed by atoms with Gasteiger partial charge in [0.15, 0.2) is 11.3 Å². The number of nitrogens with zero attached hydrogens (tertiary/aromatic N) is 3. The minimum Gasteiger partial charge on any atom is -0.364 e. The highest BCUT2D eigenvalue weighted by Gasteiger charge is 2.30. The molecule has 22 heavy (non-hydrogen) atoms. The predicted octanol–water partition coefficient (Wildman–Crippen LogP) is 2.51. The lowest BCUT2D eigenvalue weighted by Crippen LogP contribution is -2.12. The highest BCUT2D eigenvalue weighted by Crippen LogP contribution is 2.32. The fraction of sp³-hybridized carbons (Fsp3) is 0.0714. The number of carbonyl (C=O) groups excluding carboxylic acids is 1. The first-order valence-electron chi connectivity index (χ1n) is 6.17. The number of nitrogens with two attached hydrogens (primary N) is 1. The lowest BCUT2D eigenvalue weighted by Gasteiger charge is -2.10. The van der Waals surface area contributed by atoms with Crippen LogP contribution in [0.5, 0.6) is 0 Å². The number of hydrogen-bond acceptors (Lipinski definition) is 3. The smallest absolute Gasteiger partial charge is 0.364 e. The number of amides is 1. The first-order chi connectivity index (χ1) is 10.4. The van der Waals surface area contributed by atoms with Gasteiger partial charge in [0, 0.05) is 6.20 Å². The van der Waals surface area contributed by atoms with Crippen molar-refractivity contribution in [3.05, 3.63) is 54.1 Å². The normalized spacial score (nSPS) is 11.8. The van der Waals surface area contributed by atoms with Gasteiger partial charge in [-0.15, -0.1) is 0 Å². The molecule has 0 aliphatic rings. The van der Waals surface area contributed by atoms with E-state index in [0.29, 0.717) is 11.3 Å². The van der Waals surface area contributed by atoms with E-state index in [1.807, 2.05) is 0 Å². The van der Waals surface area contributed by atoms with E-state index in [2.05, 4.69) is 9.97 Å². The molecule has 2 N–H and O–H groups in total. The molecule has 5 nitrogen and oxygen atoms in total. The highest BCUT2D eigenvalue weighted by atomic mass is 19.4. The van der Waals surface area contributed by atoms with Gasteiger partial charge >= 0.3 is 6.18 Å². The Kier molecular flexibility index (Phi) is 3.09. The van der Waals surface area contributed by atoms with Crippen molar-refractivity contribution in [2.24, 2.45) is 5.73 Å². The summed E-state index contributed by atoms with van der Waals surface area (Å²) in [5, 5.41) is 0. The fourth-order valence-corrected chi connectivity index (χ4v) is 2.16. The largest absolute Gasteiger partial charge is 0.416 e. The number of rotatable bonds is 2. The Hall–Kier alpha value is -2.90. The molecule has 0 unspecified atom stereocenters. The van der Waals surface area contributed by atoms with Crippen molar-refractivity contribution in [3.63, 3.8) is 0 Å². The first kappa shape index (κ1) is 14.1. The maximum atomic E-state index is 12.8. The minimum absolute atomic E-state index is 0.0335. The molecule has 0 atom stereocenters. The maximum absolute atomic E-state index is 12.8. The zero-order chi connectivity index (χ0) is 15.9. The van der Waals surface area contributed by atoms with Crippen LogP contribution in [0.1, 0.15) is 16.1 Å². The summed E-state index contributed by atoms with van der Waals surface area (Å²) in [5.41, 5.74) is 5.35. The summed E-state index contributed by atoms with van der Waals surface area (Å²) in [5.74, 6) is -0.754. The Morgan fingerprint density at radius 1 is 1.18 bits per heavy atom. The summed E-state index contributed by atoms with van der Waals surface area (Å²) in [6.45, 7) is 0. The number of hydrogen-bond donors (Lipinski definition) is 1. The van der Waals surface area contributed by atoms with Crippen LogP contribution < -0.4 is 5.73 Å². The average molecular weight is 306 g/mol. The molecule has 0 fully saturated rings. The van der Waals surface area contributed by atoms with E-state index in [-0.39, 0.29) is 11.3 Å². The van der Waals surface area contributed by atoms with Crippen molar-refractivity contribution in [3.8, 4) is 11.3 Å². The molecule has 2 aromatic heterocycles. The molecule has 0 bridgehead atoms. The van der Waals surface area contributed by atoms with Gasteiger partial charge in [-0.25, -0.2) is 9.97 Å². The Labute approximate surface area is 122 Å². The number of halogens is 3. The number of benzene rings is 1. The third kappa shape index (κ3) is 2.28. The van der Waals surface area contributed by atoms with E-state index in [1.54, 1.807) is 0 Å². The molecule has 1 aromatic carbocycles. The number of fused-ring (bicyclic) bond motifs is 1. The van der Waals surface area contributed by atoms with Crippen LogP contribution >= 0.6 is 0 Å². The van der Waals surface area contributed by atoms with Gasteiger partial charge in [-0.1, -0.05) is 12.1 Å². The molecule has 0 spiro atoms. The van der Waals surface area contributed by atoms with Crippen LogP contribution in [-0.2, 0) is 6.18 Å². The van der Waals surface area contributed by atoms with E-state index in [1.165, 1.54) is 35.1 Å². The molecule has 112 valence electrons. The van der Waals surface area contributed by atoms with Gasteiger partial charge in [0.1, 0.15) is 6.33 Å². The summed E-state index contributed by atoms with van der Waals surface area (Å²) >= 11 is 0. The quantitative estimate of drug-likeness (QED) is 0.790. The standard InChI is InChI=1S/C14H9F3N4O/c15-14(16,17)9-3-1-2-8(6-9)10-4-5-19-13-11(12(18)22)20-7-21(10)13/h1-7H,(H2,18,22). The molecule has 3 aromatic rings. The Morgan fingerprint density at radius 2 is 1.95 bits per heavy atom. The molecule has 3 rings (SSSR count). The van der Waals surface area contributed by atoms with E-state index in [9.17, 15) is 18.0 Å². The van der Waals surface area contributed by atoms with Crippen LogP contribution in [0, 0.1) is 0 Å². The van der Waals surface area contributed by atoms with Crippen molar-refractivity contribution < 1.29 is 18.0 Å². The van der Waals surface area contributed by atoms with Crippen molar-refractivity contribution >= 4 is 11.6 Å². The van der Waals surface area contributed by atoms with Gasteiger partial charge in [0.25, 0.3) is 5.91 Å². The second kappa shape index (κ2) is 4.83. The van der Waals surface area contributed by atoms with Crippen LogP contribution in [-0.4, -0.2) is 20.3 Å². The molecule has 1 amide bonds. The SMILES string of the molecule is NC(=O)c1ncn2c(-c3cccc(C(F)(F)F)c3)ccnc12. The van der Waals surface area contributed by atoms with Crippen LogP contribution in [0.3, 0.4) is 0 Å². The number of alkyl halides is 3. The monoisotopic (exact) mass is 306 g/mol. The van der Waals surface area contributed by atoms with Crippen LogP contribution in [0.4, 0.5) is 13.2 Å². The van der Waals surface area contributed by atoms with Crippen molar-refractivity contribution in [1.82, 2.24) is 14.4 Å². The van der Waals surface area contributed by atoms with E-state index in [4.69, 9.17) is 5.73 Å².